The Labute approximate surface area is 192 Å². The van der Waals surface area contributed by atoms with Crippen molar-refractivity contribution in [2.24, 2.45) is 5.92 Å². The van der Waals surface area contributed by atoms with E-state index in [-0.39, 0.29) is 10.8 Å². The van der Waals surface area contributed by atoms with E-state index in [1.807, 2.05) is 17.7 Å². The highest BCUT2D eigenvalue weighted by atomic mass is 32.2. The van der Waals surface area contributed by atoms with E-state index in [1.54, 1.807) is 6.07 Å². The molecule has 2 aromatic rings. The number of carbonyl (C=O) groups excluding carboxylic acids is 2. The highest BCUT2D eigenvalue weighted by Gasteiger charge is 2.22. The monoisotopic (exact) mass is 474 g/mol. The maximum absolute atomic E-state index is 12.8. The van der Waals surface area contributed by atoms with Crippen molar-refractivity contribution in [3.63, 3.8) is 0 Å². The Morgan fingerprint density at radius 2 is 1.81 bits per heavy atom. The molecule has 170 valence electrons. The minimum Gasteiger partial charge on any atom is -0.325 e. The summed E-state index contributed by atoms with van der Waals surface area (Å²) in [6.45, 7) is 7.15. The number of hydrogen-bond donors (Lipinski definition) is 2. The predicted molar refractivity (Wildman–Crippen MR) is 124 cm³/mol. The van der Waals surface area contributed by atoms with E-state index in [9.17, 15) is 23.3 Å². The molecular formula is C22H26N4O4S2. The molecule has 2 rings (SSSR count). The van der Waals surface area contributed by atoms with Crippen molar-refractivity contribution in [3.8, 4) is 6.07 Å². The van der Waals surface area contributed by atoms with Crippen LogP contribution in [0, 0.1) is 17.2 Å². The molecule has 0 saturated heterocycles. The molecule has 10 heteroatoms. The predicted octanol–water partition coefficient (Wildman–Crippen LogP) is 3.49. The van der Waals surface area contributed by atoms with Crippen molar-refractivity contribution < 1.29 is 18.0 Å². The first-order chi connectivity index (χ1) is 15.1. The van der Waals surface area contributed by atoms with Gasteiger partial charge in [0, 0.05) is 18.3 Å². The maximum atomic E-state index is 12.8. The fourth-order valence-electron chi connectivity index (χ4n) is 2.83. The Morgan fingerprint density at radius 1 is 1.16 bits per heavy atom. The third-order valence-corrected chi connectivity index (χ3v) is 7.10. The summed E-state index contributed by atoms with van der Waals surface area (Å²) in [6, 6.07) is 11.2. The topological polar surface area (TPSA) is 129 Å². The summed E-state index contributed by atoms with van der Waals surface area (Å²) in [6.07, 6.45) is 1.28. The van der Waals surface area contributed by atoms with Crippen LogP contribution >= 0.6 is 11.8 Å². The van der Waals surface area contributed by atoms with Gasteiger partial charge in [0.05, 0.1) is 15.7 Å². The van der Waals surface area contributed by atoms with Crippen LogP contribution in [0.5, 0.6) is 0 Å². The SMILES string of the molecule is CCC(Sc1nc(CC(C)C)ccc1C#N)C(=O)Nc1ccc(S(=O)(=O)NC(C)=O)cc1. The van der Waals surface area contributed by atoms with Gasteiger partial charge in [-0.25, -0.2) is 18.1 Å². The number of anilines is 1. The van der Waals surface area contributed by atoms with Crippen LogP contribution in [0.25, 0.3) is 0 Å². The lowest BCUT2D eigenvalue weighted by Gasteiger charge is -2.16. The average molecular weight is 475 g/mol. The van der Waals surface area contributed by atoms with Crippen molar-refractivity contribution >= 4 is 39.3 Å². The third kappa shape index (κ3) is 7.07. The van der Waals surface area contributed by atoms with Gasteiger partial charge in [0.15, 0.2) is 0 Å². The minimum absolute atomic E-state index is 0.0862. The standard InChI is InChI=1S/C22H26N4O4S2/c1-5-20(31-22-16(13-23)6-7-18(25-22)12-14(2)3)21(28)24-17-8-10-19(11-9-17)32(29,30)26-15(4)27/h6-11,14,20H,5,12H2,1-4H3,(H,24,28)(H,26,27). The van der Waals surface area contributed by atoms with Crippen LogP contribution in [0.3, 0.4) is 0 Å². The lowest BCUT2D eigenvalue weighted by Crippen LogP contribution is -2.28. The van der Waals surface area contributed by atoms with E-state index in [0.29, 0.717) is 28.6 Å². The average Bonchev–Trinajstić information content (AvgIpc) is 2.71. The van der Waals surface area contributed by atoms with Crippen LogP contribution in [0.15, 0.2) is 46.3 Å². The molecule has 32 heavy (non-hydrogen) atoms. The number of amides is 2. The lowest BCUT2D eigenvalue weighted by atomic mass is 10.1. The first kappa shape index (κ1) is 25.4. The van der Waals surface area contributed by atoms with Crippen LogP contribution in [-0.4, -0.2) is 30.5 Å². The van der Waals surface area contributed by atoms with E-state index in [0.717, 1.165) is 19.0 Å². The van der Waals surface area contributed by atoms with E-state index < -0.39 is 21.2 Å². The highest BCUT2D eigenvalue weighted by molar-refractivity contribution is 8.00. The van der Waals surface area contributed by atoms with Gasteiger partial charge in [-0.05, 0) is 55.2 Å². The minimum atomic E-state index is -3.94. The van der Waals surface area contributed by atoms with Gasteiger partial charge in [0.2, 0.25) is 11.8 Å². The van der Waals surface area contributed by atoms with Gasteiger partial charge >= 0.3 is 0 Å². The second kappa shape index (κ2) is 11.1. The molecule has 8 nitrogen and oxygen atoms in total. The van der Waals surface area contributed by atoms with Crippen molar-refractivity contribution in [1.82, 2.24) is 9.71 Å². The number of nitriles is 1. The van der Waals surface area contributed by atoms with E-state index in [4.69, 9.17) is 0 Å². The first-order valence-electron chi connectivity index (χ1n) is 10.1. The molecule has 0 aliphatic rings. The Morgan fingerprint density at radius 3 is 2.34 bits per heavy atom. The number of carbonyl (C=O) groups is 2. The fourth-order valence-corrected chi connectivity index (χ4v) is 4.83. The number of rotatable bonds is 9. The zero-order valence-electron chi connectivity index (χ0n) is 18.4. The molecule has 0 bridgehead atoms. The quantitative estimate of drug-likeness (QED) is 0.532. The lowest BCUT2D eigenvalue weighted by molar-refractivity contribution is -0.117. The van der Waals surface area contributed by atoms with Gasteiger partial charge < -0.3 is 5.32 Å². The van der Waals surface area contributed by atoms with Crippen molar-refractivity contribution in [1.29, 1.82) is 5.26 Å². The number of benzene rings is 1. The summed E-state index contributed by atoms with van der Waals surface area (Å²) in [5.74, 6) is -0.557. The molecule has 1 aromatic heterocycles. The summed E-state index contributed by atoms with van der Waals surface area (Å²) in [4.78, 5) is 28.4. The molecule has 0 aliphatic carbocycles. The molecular weight excluding hydrogens is 448 g/mol. The fraction of sp³-hybridized carbons (Fsp3) is 0.364. The van der Waals surface area contributed by atoms with Gasteiger partial charge in [0.25, 0.3) is 10.0 Å². The number of nitrogens with zero attached hydrogens (tertiary/aromatic N) is 2. The van der Waals surface area contributed by atoms with Crippen molar-refractivity contribution in [2.75, 3.05) is 5.32 Å². The molecule has 0 fully saturated rings. The molecule has 1 heterocycles. The van der Waals surface area contributed by atoms with Crippen LogP contribution in [0.4, 0.5) is 5.69 Å². The smallest absolute Gasteiger partial charge is 0.264 e. The maximum Gasteiger partial charge on any atom is 0.264 e. The Bertz CT molecular complexity index is 1120. The summed E-state index contributed by atoms with van der Waals surface area (Å²) in [5, 5.41) is 12.2. The summed E-state index contributed by atoms with van der Waals surface area (Å²) < 4.78 is 26.0. The number of pyridine rings is 1. The number of sulfonamides is 1. The number of aromatic nitrogens is 1. The van der Waals surface area contributed by atoms with E-state index in [1.165, 1.54) is 36.0 Å². The van der Waals surface area contributed by atoms with Gasteiger partial charge in [-0.15, -0.1) is 0 Å². The Hall–Kier alpha value is -2.90. The second-order valence-corrected chi connectivity index (χ2v) is 10.4. The van der Waals surface area contributed by atoms with Crippen LogP contribution in [-0.2, 0) is 26.0 Å². The third-order valence-electron chi connectivity index (χ3n) is 4.28. The summed E-state index contributed by atoms with van der Waals surface area (Å²) in [7, 11) is -3.94. The van der Waals surface area contributed by atoms with E-state index in [2.05, 4.69) is 30.2 Å². The van der Waals surface area contributed by atoms with Crippen LogP contribution < -0.4 is 10.0 Å². The molecule has 0 saturated carbocycles. The van der Waals surface area contributed by atoms with Crippen molar-refractivity contribution in [2.45, 2.75) is 55.7 Å². The number of nitrogens with one attached hydrogen (secondary N) is 2. The normalized spacial score (nSPS) is 12.1. The molecule has 1 atom stereocenters. The molecule has 0 aliphatic heterocycles. The van der Waals surface area contributed by atoms with Crippen LogP contribution in [0.1, 0.15) is 45.4 Å². The van der Waals surface area contributed by atoms with Gasteiger partial charge in [-0.3, -0.25) is 9.59 Å². The van der Waals surface area contributed by atoms with Gasteiger partial charge in [-0.2, -0.15) is 5.26 Å². The molecule has 1 unspecified atom stereocenters. The van der Waals surface area contributed by atoms with Gasteiger partial charge in [-0.1, -0.05) is 32.5 Å². The molecule has 1 aromatic carbocycles. The molecule has 2 amide bonds. The Balaban J connectivity index is 2.15. The Kier molecular flexibility index (Phi) is 8.80. The highest BCUT2D eigenvalue weighted by Crippen LogP contribution is 2.28. The summed E-state index contributed by atoms with van der Waals surface area (Å²) in [5.41, 5.74) is 1.70. The molecule has 0 radical (unpaired) electrons. The first-order valence-corrected chi connectivity index (χ1v) is 12.4. The van der Waals surface area contributed by atoms with Crippen molar-refractivity contribution in [3.05, 3.63) is 47.7 Å². The number of hydrogen-bond acceptors (Lipinski definition) is 7. The molecule has 0 spiro atoms. The van der Waals surface area contributed by atoms with Gasteiger partial charge in [0.1, 0.15) is 11.1 Å². The van der Waals surface area contributed by atoms with E-state index >= 15 is 0 Å². The summed E-state index contributed by atoms with van der Waals surface area (Å²) >= 11 is 1.23. The second-order valence-electron chi connectivity index (χ2n) is 7.56. The zero-order valence-corrected chi connectivity index (χ0v) is 20.0. The van der Waals surface area contributed by atoms with Crippen LogP contribution in [0.2, 0.25) is 0 Å². The zero-order chi connectivity index (χ0) is 23.9. The molecule has 2 N–H and O–H groups in total. The largest absolute Gasteiger partial charge is 0.325 e. The number of thioether (sulfide) groups is 1.